The second-order valence-corrected chi connectivity index (χ2v) is 7.45. The second-order valence-electron chi connectivity index (χ2n) is 6.17. The Kier molecular flexibility index (Phi) is 5.86. The van der Waals surface area contributed by atoms with Crippen molar-refractivity contribution in [3.8, 4) is 0 Å². The summed E-state index contributed by atoms with van der Waals surface area (Å²) in [4.78, 5) is 27.9. The van der Waals surface area contributed by atoms with Crippen LogP contribution in [0.25, 0.3) is 0 Å². The van der Waals surface area contributed by atoms with E-state index in [-0.39, 0.29) is 35.7 Å². The maximum atomic E-state index is 14.0. The number of thiocarbonyl (C=S) groups is 1. The Morgan fingerprint density at radius 1 is 1.22 bits per heavy atom. The van der Waals surface area contributed by atoms with E-state index in [0.717, 1.165) is 4.47 Å². The number of halogens is 2. The number of hydrogen-bond acceptors (Lipinski definition) is 3. The molecular weight excluding hydrogens is 433 g/mol. The molecule has 1 aliphatic rings. The molecule has 0 bridgehead atoms. The van der Waals surface area contributed by atoms with Gasteiger partial charge in [-0.2, -0.15) is 0 Å². The van der Waals surface area contributed by atoms with Crippen LogP contribution < -0.4 is 5.32 Å². The van der Waals surface area contributed by atoms with E-state index >= 15 is 0 Å². The summed E-state index contributed by atoms with van der Waals surface area (Å²) in [6, 6.07) is 12.7. The number of carbonyl (C=O) groups excluding carboxylic acids is 2. The van der Waals surface area contributed by atoms with Gasteiger partial charge in [0.25, 0.3) is 5.91 Å². The number of likely N-dealkylation sites (N-methyl/N-ethyl adjacent to an activating group) is 1. The Morgan fingerprint density at radius 3 is 2.56 bits per heavy atom. The van der Waals surface area contributed by atoms with Gasteiger partial charge in [-0.1, -0.05) is 34.1 Å². The molecule has 8 heteroatoms. The largest absolute Gasteiger partial charge is 0.332 e. The van der Waals surface area contributed by atoms with Crippen LogP contribution in [0.1, 0.15) is 12.0 Å². The summed E-state index contributed by atoms with van der Waals surface area (Å²) in [7, 11) is 1.56. The number of anilines is 1. The van der Waals surface area contributed by atoms with Crippen LogP contribution in [0.3, 0.4) is 0 Å². The van der Waals surface area contributed by atoms with Crippen LogP contribution in [0, 0.1) is 5.82 Å². The fraction of sp³-hybridized carbons (Fsp3) is 0.211. The van der Waals surface area contributed by atoms with E-state index in [4.69, 9.17) is 12.2 Å². The van der Waals surface area contributed by atoms with Crippen LogP contribution in [-0.2, 0) is 16.1 Å². The van der Waals surface area contributed by atoms with Gasteiger partial charge >= 0.3 is 0 Å². The first-order chi connectivity index (χ1) is 12.9. The Labute approximate surface area is 170 Å². The van der Waals surface area contributed by atoms with Gasteiger partial charge in [0.15, 0.2) is 5.11 Å². The molecule has 0 spiro atoms. The number of nitrogens with zero attached hydrogens (tertiary/aromatic N) is 2. The predicted octanol–water partition coefficient (Wildman–Crippen LogP) is 3.54. The van der Waals surface area contributed by atoms with Crippen LogP contribution >= 0.6 is 28.1 Å². The maximum Gasteiger partial charge on any atom is 0.251 e. The lowest BCUT2D eigenvalue weighted by atomic mass is 10.1. The average molecular weight is 450 g/mol. The van der Waals surface area contributed by atoms with Crippen molar-refractivity contribution in [1.82, 2.24) is 9.80 Å². The van der Waals surface area contributed by atoms with Crippen molar-refractivity contribution in [3.63, 3.8) is 0 Å². The third kappa shape index (κ3) is 4.33. The van der Waals surface area contributed by atoms with E-state index in [9.17, 15) is 14.0 Å². The van der Waals surface area contributed by atoms with Gasteiger partial charge in [0.05, 0.1) is 6.42 Å². The molecule has 5 nitrogen and oxygen atoms in total. The topological polar surface area (TPSA) is 52.7 Å². The summed E-state index contributed by atoms with van der Waals surface area (Å²) in [5, 5.41) is 3.05. The molecule has 27 heavy (non-hydrogen) atoms. The van der Waals surface area contributed by atoms with E-state index in [2.05, 4.69) is 21.2 Å². The third-order valence-electron chi connectivity index (χ3n) is 4.33. The van der Waals surface area contributed by atoms with Crippen molar-refractivity contribution in [3.05, 3.63) is 64.4 Å². The van der Waals surface area contributed by atoms with Crippen LogP contribution in [-0.4, -0.2) is 39.8 Å². The Balaban J connectivity index is 1.75. The zero-order valence-electron chi connectivity index (χ0n) is 14.5. The first kappa shape index (κ1) is 19.4. The summed E-state index contributed by atoms with van der Waals surface area (Å²) in [6.45, 7) is 0.123. The number of carbonyl (C=O) groups is 2. The molecule has 140 valence electrons. The summed E-state index contributed by atoms with van der Waals surface area (Å²) in [5.74, 6) is -0.963. The number of hydrogen-bond donors (Lipinski definition) is 1. The highest BCUT2D eigenvalue weighted by Gasteiger charge is 2.41. The van der Waals surface area contributed by atoms with Gasteiger partial charge in [-0.15, -0.1) is 0 Å². The van der Waals surface area contributed by atoms with Crippen LogP contribution in [0.5, 0.6) is 0 Å². The summed E-state index contributed by atoms with van der Waals surface area (Å²) in [6.07, 6.45) is -0.0756. The van der Waals surface area contributed by atoms with Crippen LogP contribution in [0.15, 0.2) is 53.0 Å². The van der Waals surface area contributed by atoms with Gasteiger partial charge in [0.1, 0.15) is 11.9 Å². The number of benzene rings is 2. The summed E-state index contributed by atoms with van der Waals surface area (Å²) in [5.41, 5.74) is 1.05. The van der Waals surface area contributed by atoms with E-state index < -0.39 is 6.04 Å². The lowest BCUT2D eigenvalue weighted by Gasteiger charge is -2.23. The molecule has 1 heterocycles. The van der Waals surface area contributed by atoms with Gasteiger partial charge in [-0.05, 0) is 42.5 Å². The number of amides is 2. The van der Waals surface area contributed by atoms with E-state index in [1.54, 1.807) is 42.3 Å². The predicted molar refractivity (Wildman–Crippen MR) is 108 cm³/mol. The SMILES string of the molecule is CN1C(=O)C(CC(=O)Nc2ccc(Br)cc2)N(Cc2ccccc2F)C1=S. The minimum absolute atomic E-state index is 0.0756. The molecule has 2 aromatic rings. The van der Waals surface area contributed by atoms with Crippen molar-refractivity contribution in [2.45, 2.75) is 19.0 Å². The summed E-state index contributed by atoms with van der Waals surface area (Å²) >= 11 is 8.66. The Bertz CT molecular complexity index is 891. The van der Waals surface area contributed by atoms with Gasteiger partial charge in [-0.25, -0.2) is 4.39 Å². The zero-order valence-corrected chi connectivity index (χ0v) is 16.9. The van der Waals surface area contributed by atoms with Gasteiger partial charge in [-0.3, -0.25) is 14.5 Å². The highest BCUT2D eigenvalue weighted by Crippen LogP contribution is 2.24. The van der Waals surface area contributed by atoms with Crippen LogP contribution in [0.2, 0.25) is 0 Å². The Hall–Kier alpha value is -2.32. The first-order valence-electron chi connectivity index (χ1n) is 8.24. The second kappa shape index (κ2) is 8.14. The van der Waals surface area contributed by atoms with Crippen molar-refractivity contribution >= 4 is 50.8 Å². The van der Waals surface area contributed by atoms with Crippen molar-refractivity contribution in [1.29, 1.82) is 0 Å². The van der Waals surface area contributed by atoms with E-state index in [1.165, 1.54) is 11.0 Å². The normalized spacial score (nSPS) is 16.8. The molecule has 3 rings (SSSR count). The van der Waals surface area contributed by atoms with Crippen molar-refractivity contribution in [2.24, 2.45) is 0 Å². The van der Waals surface area contributed by atoms with E-state index in [0.29, 0.717) is 11.3 Å². The summed E-state index contributed by atoms with van der Waals surface area (Å²) < 4.78 is 14.9. The molecule has 0 aliphatic carbocycles. The molecule has 1 N–H and O–H groups in total. The molecule has 1 atom stereocenters. The molecule has 0 aromatic heterocycles. The van der Waals surface area contributed by atoms with Gasteiger partial charge in [0.2, 0.25) is 5.91 Å². The molecule has 2 aromatic carbocycles. The van der Waals surface area contributed by atoms with Crippen molar-refractivity contribution in [2.75, 3.05) is 12.4 Å². The van der Waals surface area contributed by atoms with E-state index in [1.807, 2.05) is 12.1 Å². The van der Waals surface area contributed by atoms with Gasteiger partial charge < -0.3 is 10.2 Å². The third-order valence-corrected chi connectivity index (χ3v) is 5.37. The standard InChI is InChI=1S/C19H17BrFN3O2S/c1-23-18(26)16(10-17(25)22-14-8-6-13(20)7-9-14)24(19(23)27)11-12-4-2-3-5-15(12)21/h2-9,16H,10-11H2,1H3,(H,22,25). The highest BCUT2D eigenvalue weighted by molar-refractivity contribution is 9.10. The number of rotatable bonds is 5. The molecule has 1 unspecified atom stereocenters. The fourth-order valence-electron chi connectivity index (χ4n) is 2.88. The average Bonchev–Trinajstić information content (AvgIpc) is 2.83. The molecule has 1 fully saturated rings. The maximum absolute atomic E-state index is 14.0. The van der Waals surface area contributed by atoms with Crippen molar-refractivity contribution < 1.29 is 14.0 Å². The Morgan fingerprint density at radius 2 is 1.89 bits per heavy atom. The molecular formula is C19H17BrFN3O2S. The molecule has 1 saturated heterocycles. The molecule has 1 aliphatic heterocycles. The lowest BCUT2D eigenvalue weighted by Crippen LogP contribution is -2.37. The smallest absolute Gasteiger partial charge is 0.251 e. The molecule has 2 amide bonds. The minimum atomic E-state index is -0.766. The fourth-order valence-corrected chi connectivity index (χ4v) is 3.43. The minimum Gasteiger partial charge on any atom is -0.332 e. The van der Waals surface area contributed by atoms with Gasteiger partial charge in [0, 0.05) is 29.3 Å². The zero-order chi connectivity index (χ0) is 19.6. The first-order valence-corrected chi connectivity index (χ1v) is 9.44. The monoisotopic (exact) mass is 449 g/mol. The number of nitrogens with one attached hydrogen (secondary N) is 1. The van der Waals surface area contributed by atoms with Crippen LogP contribution in [0.4, 0.5) is 10.1 Å². The highest BCUT2D eigenvalue weighted by atomic mass is 79.9. The quantitative estimate of drug-likeness (QED) is 0.709. The lowest BCUT2D eigenvalue weighted by molar-refractivity contribution is -0.130. The molecule has 0 saturated carbocycles. The molecule has 0 radical (unpaired) electrons.